The van der Waals surface area contributed by atoms with E-state index in [4.69, 9.17) is 0 Å². The molecule has 11 rings (SSSR count). The number of fused-ring (bicyclic) bond motifs is 3. The maximum absolute atomic E-state index is 14.6. The summed E-state index contributed by atoms with van der Waals surface area (Å²) in [6.45, 7) is 0. The van der Waals surface area contributed by atoms with E-state index in [1.54, 1.807) is 12.1 Å². The Hall–Kier alpha value is -8.05. The van der Waals surface area contributed by atoms with E-state index in [0.717, 1.165) is 33.5 Å². The van der Waals surface area contributed by atoms with Crippen molar-refractivity contribution >= 4 is 67.7 Å². The molecule has 10 aromatic carbocycles. The minimum absolute atomic E-state index is 0.237. The fourth-order valence-electron chi connectivity index (χ4n) is 9.63. The van der Waals surface area contributed by atoms with Gasteiger partial charge in [-0.3, -0.25) is 0 Å². The summed E-state index contributed by atoms with van der Waals surface area (Å²) in [5.41, 5.74) is 11.4. The van der Waals surface area contributed by atoms with Crippen LogP contribution >= 0.6 is 0 Å². The van der Waals surface area contributed by atoms with Crippen molar-refractivity contribution in [2.75, 3.05) is 4.90 Å². The lowest BCUT2D eigenvalue weighted by atomic mass is 10.0. The first-order chi connectivity index (χ1) is 31.6. The van der Waals surface area contributed by atoms with Crippen LogP contribution in [0, 0.1) is 5.82 Å². The first kappa shape index (κ1) is 38.8. The fraction of sp³-hybridized carbons (Fsp3) is 0. The zero-order valence-electron chi connectivity index (χ0n) is 35.1. The first-order valence-corrected chi connectivity index (χ1v) is 23.8. The SMILES string of the molecule is Fc1ccc([Si](c2ccccc2)(c2ccccc2)c2ccc(N(c3ccc(-c4ccccc4)cc3)c3ccc(-c4ccc5c(c4)c4ccccc4n5-c4ccccc4)cc3)cc2)cc1. The Morgan fingerprint density at radius 2 is 0.703 bits per heavy atom. The molecule has 0 N–H and O–H groups in total. The van der Waals surface area contributed by atoms with E-state index in [9.17, 15) is 4.39 Å². The molecule has 0 bridgehead atoms. The molecular formula is C60H43FN2Si. The number of para-hydroxylation sites is 2. The highest BCUT2D eigenvalue weighted by atomic mass is 28.3. The minimum atomic E-state index is -2.87. The first-order valence-electron chi connectivity index (χ1n) is 21.8. The van der Waals surface area contributed by atoms with Crippen molar-refractivity contribution in [2.24, 2.45) is 0 Å². The summed E-state index contributed by atoms with van der Waals surface area (Å²) in [6, 6.07) is 92.2. The van der Waals surface area contributed by atoms with Gasteiger partial charge in [-0.2, -0.15) is 0 Å². The van der Waals surface area contributed by atoms with Gasteiger partial charge in [-0.15, -0.1) is 0 Å². The molecule has 0 aliphatic carbocycles. The van der Waals surface area contributed by atoms with Crippen LogP contribution in [0.3, 0.4) is 0 Å². The van der Waals surface area contributed by atoms with Crippen LogP contribution in [0.5, 0.6) is 0 Å². The number of aromatic nitrogens is 1. The van der Waals surface area contributed by atoms with Gasteiger partial charge in [0.15, 0.2) is 8.07 Å². The Morgan fingerprint density at radius 1 is 0.312 bits per heavy atom. The molecule has 0 spiro atoms. The minimum Gasteiger partial charge on any atom is -0.311 e. The molecule has 0 aliphatic rings. The summed E-state index contributed by atoms with van der Waals surface area (Å²) in [5, 5.41) is 7.30. The molecule has 1 aromatic heterocycles. The van der Waals surface area contributed by atoms with E-state index < -0.39 is 8.07 Å². The highest BCUT2D eigenvalue weighted by Crippen LogP contribution is 2.38. The molecule has 0 atom stereocenters. The van der Waals surface area contributed by atoms with Gasteiger partial charge in [0.25, 0.3) is 0 Å². The highest BCUT2D eigenvalue weighted by molar-refractivity contribution is 7.19. The normalized spacial score (nSPS) is 11.5. The number of benzene rings is 10. The van der Waals surface area contributed by atoms with E-state index in [0.29, 0.717) is 0 Å². The van der Waals surface area contributed by atoms with Crippen LogP contribution in [0.2, 0.25) is 0 Å². The Morgan fingerprint density at radius 3 is 1.27 bits per heavy atom. The molecule has 0 amide bonds. The quantitative estimate of drug-likeness (QED) is 0.0984. The van der Waals surface area contributed by atoms with Crippen molar-refractivity contribution in [1.82, 2.24) is 4.57 Å². The van der Waals surface area contributed by atoms with Gasteiger partial charge >= 0.3 is 0 Å². The van der Waals surface area contributed by atoms with Gasteiger partial charge in [0.1, 0.15) is 5.82 Å². The van der Waals surface area contributed by atoms with E-state index >= 15 is 0 Å². The molecule has 0 fully saturated rings. The van der Waals surface area contributed by atoms with Gasteiger partial charge in [0, 0.05) is 33.5 Å². The predicted octanol–water partition coefficient (Wildman–Crippen LogP) is 13.1. The average molecular weight is 839 g/mol. The summed E-state index contributed by atoms with van der Waals surface area (Å²) < 4.78 is 16.9. The van der Waals surface area contributed by atoms with Crippen LogP contribution in [-0.4, -0.2) is 12.6 Å². The summed E-state index contributed by atoms with van der Waals surface area (Å²) in [5.74, 6) is -0.237. The number of nitrogens with zero attached hydrogens (tertiary/aromatic N) is 2. The van der Waals surface area contributed by atoms with Crippen LogP contribution in [-0.2, 0) is 0 Å². The standard InChI is InChI=1S/C60H43FN2Si/c61-48-30-38-55(39-31-48)64(53-19-9-3-10-20-53,54-21-11-4-12-22-54)56-40-36-52(37-41-56)62(50-32-25-45(26-33-50)44-15-5-1-6-16-44)51-34-27-46(28-35-51)47-29-42-60-58(43-47)57-23-13-14-24-59(57)63(60)49-17-7-2-8-18-49/h1-43H. The molecule has 64 heavy (non-hydrogen) atoms. The average Bonchev–Trinajstić information content (AvgIpc) is 3.71. The third-order valence-electron chi connectivity index (χ3n) is 12.6. The van der Waals surface area contributed by atoms with Crippen molar-refractivity contribution in [2.45, 2.75) is 0 Å². The van der Waals surface area contributed by atoms with Crippen LogP contribution < -0.4 is 25.6 Å². The predicted molar refractivity (Wildman–Crippen MR) is 270 cm³/mol. The maximum atomic E-state index is 14.6. The number of rotatable bonds is 10. The topological polar surface area (TPSA) is 8.17 Å². The Labute approximate surface area is 374 Å². The molecule has 0 saturated heterocycles. The summed E-state index contributed by atoms with van der Waals surface area (Å²) >= 11 is 0. The molecule has 0 radical (unpaired) electrons. The smallest absolute Gasteiger partial charge is 0.179 e. The Balaban J connectivity index is 1.02. The molecule has 0 unspecified atom stereocenters. The molecule has 4 heteroatoms. The van der Waals surface area contributed by atoms with Crippen molar-refractivity contribution < 1.29 is 4.39 Å². The molecule has 0 saturated carbocycles. The lowest BCUT2D eigenvalue weighted by molar-refractivity contribution is 0.628. The van der Waals surface area contributed by atoms with Crippen molar-refractivity contribution in [1.29, 1.82) is 0 Å². The monoisotopic (exact) mass is 838 g/mol. The van der Waals surface area contributed by atoms with Gasteiger partial charge in [0.05, 0.1) is 11.0 Å². The lowest BCUT2D eigenvalue weighted by Crippen LogP contribution is -2.74. The summed E-state index contributed by atoms with van der Waals surface area (Å²) in [7, 11) is -2.87. The van der Waals surface area contributed by atoms with E-state index in [-0.39, 0.29) is 5.82 Å². The van der Waals surface area contributed by atoms with Crippen molar-refractivity contribution in [3.63, 3.8) is 0 Å². The van der Waals surface area contributed by atoms with E-state index in [2.05, 4.69) is 246 Å². The molecule has 0 aliphatic heterocycles. The molecule has 304 valence electrons. The second-order valence-electron chi connectivity index (χ2n) is 16.3. The number of anilines is 3. The largest absolute Gasteiger partial charge is 0.311 e. The second-order valence-corrected chi connectivity index (χ2v) is 20.1. The lowest BCUT2D eigenvalue weighted by Gasteiger charge is -2.35. The van der Waals surface area contributed by atoms with Crippen LogP contribution in [0.25, 0.3) is 49.7 Å². The fourth-order valence-corrected chi connectivity index (χ4v) is 14.3. The molecular weight excluding hydrogens is 796 g/mol. The molecule has 11 aromatic rings. The van der Waals surface area contributed by atoms with E-state index in [1.165, 1.54) is 54.1 Å². The van der Waals surface area contributed by atoms with Crippen LogP contribution in [0.4, 0.5) is 21.5 Å². The number of halogens is 1. The van der Waals surface area contributed by atoms with Crippen molar-refractivity contribution in [3.05, 3.63) is 267 Å². The van der Waals surface area contributed by atoms with Crippen molar-refractivity contribution in [3.8, 4) is 27.9 Å². The molecule has 1 heterocycles. The van der Waals surface area contributed by atoms with Gasteiger partial charge in [-0.05, 0) is 122 Å². The van der Waals surface area contributed by atoms with Crippen LogP contribution in [0.1, 0.15) is 0 Å². The summed E-state index contributed by atoms with van der Waals surface area (Å²) in [6.07, 6.45) is 0. The zero-order valence-corrected chi connectivity index (χ0v) is 36.1. The zero-order chi connectivity index (χ0) is 42.9. The summed E-state index contributed by atoms with van der Waals surface area (Å²) in [4.78, 5) is 2.34. The number of hydrogen-bond acceptors (Lipinski definition) is 1. The highest BCUT2D eigenvalue weighted by Gasteiger charge is 2.41. The maximum Gasteiger partial charge on any atom is 0.179 e. The third kappa shape index (κ3) is 6.91. The second kappa shape index (κ2) is 16.7. The number of hydrogen-bond donors (Lipinski definition) is 0. The van der Waals surface area contributed by atoms with Crippen LogP contribution in [0.15, 0.2) is 261 Å². The van der Waals surface area contributed by atoms with Gasteiger partial charge in [-0.25, -0.2) is 4.39 Å². The van der Waals surface area contributed by atoms with Gasteiger partial charge < -0.3 is 9.47 Å². The third-order valence-corrected chi connectivity index (χ3v) is 17.4. The van der Waals surface area contributed by atoms with Gasteiger partial charge in [-0.1, -0.05) is 182 Å². The van der Waals surface area contributed by atoms with E-state index in [1.807, 2.05) is 12.1 Å². The molecule has 2 nitrogen and oxygen atoms in total. The Kier molecular flexibility index (Phi) is 10.1. The Bertz CT molecular complexity index is 3290. The van der Waals surface area contributed by atoms with Gasteiger partial charge in [0.2, 0.25) is 0 Å².